The summed E-state index contributed by atoms with van der Waals surface area (Å²) in [4.78, 5) is 0. The van der Waals surface area contributed by atoms with Crippen molar-refractivity contribution in [1.82, 2.24) is 0 Å². The minimum Gasteiger partial charge on any atom is -0.389 e. The van der Waals surface area contributed by atoms with E-state index in [0.29, 0.717) is 19.6 Å². The van der Waals surface area contributed by atoms with E-state index in [1.54, 1.807) is 13.8 Å². The van der Waals surface area contributed by atoms with E-state index in [1.165, 1.54) is 11.9 Å². The van der Waals surface area contributed by atoms with Gasteiger partial charge in [-0.1, -0.05) is 19.8 Å². The highest BCUT2D eigenvalue weighted by molar-refractivity contribution is 7.57. The predicted molar refractivity (Wildman–Crippen MR) is 65.5 cm³/mol. The molecule has 0 aromatic carbocycles. The Morgan fingerprint density at radius 2 is 1.81 bits per heavy atom. The SMILES string of the molecule is CCCCC(O)/C=C/P(=O)(OCC)OCC. The van der Waals surface area contributed by atoms with Crippen LogP contribution in [0.25, 0.3) is 0 Å². The molecule has 96 valence electrons. The van der Waals surface area contributed by atoms with E-state index in [4.69, 9.17) is 9.05 Å². The van der Waals surface area contributed by atoms with Gasteiger partial charge in [-0.25, -0.2) is 0 Å². The van der Waals surface area contributed by atoms with Gasteiger partial charge in [-0.2, -0.15) is 0 Å². The molecule has 0 aliphatic heterocycles. The van der Waals surface area contributed by atoms with Crippen LogP contribution in [0, 0.1) is 0 Å². The van der Waals surface area contributed by atoms with Crippen molar-refractivity contribution < 1.29 is 18.7 Å². The van der Waals surface area contributed by atoms with Gasteiger partial charge in [0.15, 0.2) is 0 Å². The molecule has 0 aromatic heterocycles. The van der Waals surface area contributed by atoms with Crippen LogP contribution >= 0.6 is 7.60 Å². The van der Waals surface area contributed by atoms with E-state index in [9.17, 15) is 9.67 Å². The third-order valence-electron chi connectivity index (χ3n) is 1.96. The lowest BCUT2D eigenvalue weighted by molar-refractivity contribution is 0.206. The number of rotatable bonds is 9. The maximum Gasteiger partial charge on any atom is 0.353 e. The lowest BCUT2D eigenvalue weighted by Gasteiger charge is -2.13. The van der Waals surface area contributed by atoms with Crippen LogP contribution < -0.4 is 0 Å². The van der Waals surface area contributed by atoms with Gasteiger partial charge in [-0.3, -0.25) is 4.57 Å². The molecular formula is C11H23O4P. The second kappa shape index (κ2) is 8.94. The molecule has 1 N–H and O–H groups in total. The van der Waals surface area contributed by atoms with Crippen molar-refractivity contribution in [2.24, 2.45) is 0 Å². The number of aliphatic hydroxyl groups is 1. The third kappa shape index (κ3) is 7.18. The van der Waals surface area contributed by atoms with Gasteiger partial charge in [0, 0.05) is 5.82 Å². The van der Waals surface area contributed by atoms with Gasteiger partial charge in [-0.15, -0.1) is 0 Å². The van der Waals surface area contributed by atoms with Crippen LogP contribution in [0.3, 0.4) is 0 Å². The zero-order valence-electron chi connectivity index (χ0n) is 10.4. The summed E-state index contributed by atoms with van der Waals surface area (Å²) in [6.07, 6.45) is 3.57. The first-order chi connectivity index (χ1) is 7.58. The average molecular weight is 250 g/mol. The minimum atomic E-state index is -3.15. The Morgan fingerprint density at radius 1 is 1.25 bits per heavy atom. The number of aliphatic hydroxyl groups excluding tert-OH is 1. The van der Waals surface area contributed by atoms with E-state index < -0.39 is 13.7 Å². The molecular weight excluding hydrogens is 227 g/mol. The Balaban J connectivity index is 4.26. The van der Waals surface area contributed by atoms with Crippen LogP contribution in [0.5, 0.6) is 0 Å². The van der Waals surface area contributed by atoms with E-state index in [0.717, 1.165) is 12.8 Å². The predicted octanol–water partition coefficient (Wildman–Crippen LogP) is 3.32. The fourth-order valence-corrected chi connectivity index (χ4v) is 2.57. The van der Waals surface area contributed by atoms with E-state index in [1.807, 2.05) is 0 Å². The van der Waals surface area contributed by atoms with Gasteiger partial charge in [0.05, 0.1) is 19.3 Å². The number of hydrogen-bond donors (Lipinski definition) is 1. The Morgan fingerprint density at radius 3 is 2.25 bits per heavy atom. The molecule has 0 aromatic rings. The van der Waals surface area contributed by atoms with Crippen molar-refractivity contribution in [3.8, 4) is 0 Å². The highest BCUT2D eigenvalue weighted by Crippen LogP contribution is 2.49. The summed E-state index contributed by atoms with van der Waals surface area (Å²) in [6.45, 7) is 6.22. The van der Waals surface area contributed by atoms with Gasteiger partial charge >= 0.3 is 7.60 Å². The average Bonchev–Trinajstić information content (AvgIpc) is 2.24. The summed E-state index contributed by atoms with van der Waals surface area (Å²) in [5.74, 6) is 1.36. The summed E-state index contributed by atoms with van der Waals surface area (Å²) in [6, 6.07) is 0. The van der Waals surface area contributed by atoms with Crippen molar-refractivity contribution in [1.29, 1.82) is 0 Å². The molecule has 0 rings (SSSR count). The summed E-state index contributed by atoms with van der Waals surface area (Å²) < 4.78 is 22.1. The second-order valence-corrected chi connectivity index (χ2v) is 5.32. The van der Waals surface area contributed by atoms with Crippen LogP contribution in [-0.2, 0) is 13.6 Å². The van der Waals surface area contributed by atoms with Crippen LogP contribution in [0.1, 0.15) is 40.0 Å². The number of unbranched alkanes of at least 4 members (excludes halogenated alkanes) is 1. The first-order valence-corrected chi connectivity index (χ1v) is 7.45. The molecule has 0 saturated carbocycles. The lowest BCUT2D eigenvalue weighted by atomic mass is 10.2. The zero-order valence-corrected chi connectivity index (χ0v) is 11.3. The molecule has 0 aliphatic carbocycles. The second-order valence-electron chi connectivity index (χ2n) is 3.43. The van der Waals surface area contributed by atoms with Crippen LogP contribution in [0.2, 0.25) is 0 Å². The molecule has 0 radical (unpaired) electrons. The molecule has 16 heavy (non-hydrogen) atoms. The molecule has 0 bridgehead atoms. The molecule has 0 amide bonds. The lowest BCUT2D eigenvalue weighted by Crippen LogP contribution is -2.02. The summed E-state index contributed by atoms with van der Waals surface area (Å²) >= 11 is 0. The van der Waals surface area contributed by atoms with E-state index >= 15 is 0 Å². The fraction of sp³-hybridized carbons (Fsp3) is 0.818. The molecule has 1 atom stereocenters. The Kier molecular flexibility index (Phi) is 8.86. The largest absolute Gasteiger partial charge is 0.389 e. The summed E-state index contributed by atoms with van der Waals surface area (Å²) in [5.41, 5.74) is 0. The van der Waals surface area contributed by atoms with Gasteiger partial charge in [0.25, 0.3) is 0 Å². The van der Waals surface area contributed by atoms with Crippen molar-refractivity contribution in [3.05, 3.63) is 11.9 Å². The van der Waals surface area contributed by atoms with E-state index in [2.05, 4.69) is 6.92 Å². The van der Waals surface area contributed by atoms with Gasteiger partial charge < -0.3 is 14.2 Å². The molecule has 0 spiro atoms. The standard InChI is InChI=1S/C11H23O4P/c1-4-7-8-11(12)9-10-16(13,14-5-2)15-6-3/h9-12H,4-8H2,1-3H3/b10-9+. The summed E-state index contributed by atoms with van der Waals surface area (Å²) in [5, 5.41) is 9.56. The Labute approximate surface area is 98.2 Å². The molecule has 0 aliphatic rings. The molecule has 0 fully saturated rings. The first-order valence-electron chi connectivity index (χ1n) is 5.84. The molecule has 0 heterocycles. The normalized spacial score (nSPS) is 14.5. The smallest absolute Gasteiger partial charge is 0.353 e. The summed E-state index contributed by atoms with van der Waals surface area (Å²) in [7, 11) is -3.15. The molecule has 4 nitrogen and oxygen atoms in total. The maximum atomic E-state index is 11.9. The van der Waals surface area contributed by atoms with Gasteiger partial charge in [0.2, 0.25) is 0 Å². The van der Waals surface area contributed by atoms with Crippen LogP contribution in [0.4, 0.5) is 0 Å². The first kappa shape index (κ1) is 15.9. The zero-order chi connectivity index (χ0) is 12.4. The highest BCUT2D eigenvalue weighted by Gasteiger charge is 2.19. The number of hydrogen-bond acceptors (Lipinski definition) is 4. The molecule has 5 heteroatoms. The topological polar surface area (TPSA) is 55.8 Å². The minimum absolute atomic E-state index is 0.326. The third-order valence-corrected chi connectivity index (χ3v) is 3.74. The van der Waals surface area contributed by atoms with Crippen molar-refractivity contribution in [2.45, 2.75) is 46.1 Å². The van der Waals surface area contributed by atoms with Gasteiger partial charge in [-0.05, 0) is 26.3 Å². The van der Waals surface area contributed by atoms with Crippen LogP contribution in [0.15, 0.2) is 11.9 Å². The van der Waals surface area contributed by atoms with Crippen LogP contribution in [-0.4, -0.2) is 24.4 Å². The van der Waals surface area contributed by atoms with Gasteiger partial charge in [0.1, 0.15) is 0 Å². The van der Waals surface area contributed by atoms with Crippen molar-refractivity contribution >= 4 is 7.60 Å². The van der Waals surface area contributed by atoms with Crippen molar-refractivity contribution in [3.63, 3.8) is 0 Å². The van der Waals surface area contributed by atoms with Crippen molar-refractivity contribution in [2.75, 3.05) is 13.2 Å². The Bertz CT molecular complexity index is 230. The fourth-order valence-electron chi connectivity index (χ4n) is 1.20. The molecule has 0 saturated heterocycles. The molecule has 1 unspecified atom stereocenters. The van der Waals surface area contributed by atoms with E-state index in [-0.39, 0.29) is 0 Å². The quantitative estimate of drug-likeness (QED) is 0.638. The maximum absolute atomic E-state index is 11.9. The monoisotopic (exact) mass is 250 g/mol. The Hall–Kier alpha value is -0.150. The highest BCUT2D eigenvalue weighted by atomic mass is 31.2.